The Kier molecular flexibility index (Phi) is 6.50. The van der Waals surface area contributed by atoms with Gasteiger partial charge in [0.1, 0.15) is 16.6 Å². The maximum atomic E-state index is 12.2. The molecule has 9 heteroatoms. The van der Waals surface area contributed by atoms with Gasteiger partial charge in [-0.3, -0.25) is 10.2 Å². The summed E-state index contributed by atoms with van der Waals surface area (Å²) >= 11 is 8.65. The van der Waals surface area contributed by atoms with Crippen LogP contribution in [0.15, 0.2) is 64.6 Å². The predicted molar refractivity (Wildman–Crippen MR) is 125 cm³/mol. The number of carbonyl (C=O) groups excluding carboxylic acids is 1. The Hall–Kier alpha value is -2.94. The number of halogens is 1. The molecule has 4 rings (SSSR count). The molecule has 0 atom stereocenters. The third-order valence-corrected chi connectivity index (χ3v) is 6.71. The molecule has 6 nitrogen and oxygen atoms in total. The Balaban J connectivity index is 1.36. The number of rotatable bonds is 7. The van der Waals surface area contributed by atoms with Crippen molar-refractivity contribution in [2.45, 2.75) is 13.1 Å². The average molecular weight is 471 g/mol. The van der Waals surface area contributed by atoms with E-state index in [1.807, 2.05) is 53.7 Å². The van der Waals surface area contributed by atoms with Gasteiger partial charge < -0.3 is 14.6 Å². The quantitative estimate of drug-likeness (QED) is 0.276. The lowest BCUT2D eigenvalue weighted by Gasteiger charge is -2.18. The van der Waals surface area contributed by atoms with Gasteiger partial charge in [-0.1, -0.05) is 35.9 Å². The summed E-state index contributed by atoms with van der Waals surface area (Å²) in [5, 5.41) is 14.1. The number of thiophene rings is 1. The van der Waals surface area contributed by atoms with Crippen LogP contribution in [0.3, 0.4) is 0 Å². The van der Waals surface area contributed by atoms with E-state index in [0.717, 1.165) is 27.6 Å². The van der Waals surface area contributed by atoms with Crippen LogP contribution in [0.4, 0.5) is 0 Å². The largest absolute Gasteiger partial charge is 0.467 e. The third-order valence-electron chi connectivity index (χ3n) is 4.54. The van der Waals surface area contributed by atoms with Crippen LogP contribution in [-0.4, -0.2) is 28.7 Å². The van der Waals surface area contributed by atoms with Crippen molar-refractivity contribution in [2.75, 3.05) is 7.05 Å². The van der Waals surface area contributed by atoms with Crippen LogP contribution in [0.5, 0.6) is 0 Å². The highest BCUT2D eigenvalue weighted by atomic mass is 35.5. The first-order chi connectivity index (χ1) is 15.0. The number of amidine groups is 1. The zero-order chi connectivity index (χ0) is 21.8. The molecule has 3 aromatic heterocycles. The monoisotopic (exact) mass is 470 g/mol. The number of hydrogen-bond acceptors (Lipinski definition) is 6. The van der Waals surface area contributed by atoms with Crippen molar-refractivity contribution < 1.29 is 9.21 Å². The number of carbonyl (C=O) groups is 1. The van der Waals surface area contributed by atoms with Crippen molar-refractivity contribution in [2.24, 2.45) is 0 Å². The van der Waals surface area contributed by atoms with Crippen molar-refractivity contribution in [3.05, 3.63) is 86.4 Å². The number of benzene rings is 1. The van der Waals surface area contributed by atoms with E-state index >= 15 is 0 Å². The number of hydrogen-bond donors (Lipinski definition) is 2. The molecule has 158 valence electrons. The molecule has 2 N–H and O–H groups in total. The van der Waals surface area contributed by atoms with Crippen LogP contribution in [0, 0.1) is 5.41 Å². The topological polar surface area (TPSA) is 82.2 Å². The third kappa shape index (κ3) is 5.22. The second-order valence-corrected chi connectivity index (χ2v) is 9.37. The standard InChI is InChI=1S/C22H19ClN4O2S2/c1-27(12-17-3-2-10-29-17)20(24)14-4-6-15(7-5-14)22-26-16(13-30-22)11-25-21(28)18-8-9-19(23)31-18/h2-10,13,24H,11-12H2,1H3,(H,25,28). The van der Waals surface area contributed by atoms with Crippen LogP contribution < -0.4 is 5.32 Å². The molecule has 0 saturated carbocycles. The number of furan rings is 1. The first-order valence-corrected chi connectivity index (χ1v) is 11.5. The molecule has 1 aromatic carbocycles. The van der Waals surface area contributed by atoms with Gasteiger partial charge in [0.15, 0.2) is 0 Å². The summed E-state index contributed by atoms with van der Waals surface area (Å²) < 4.78 is 5.94. The summed E-state index contributed by atoms with van der Waals surface area (Å²) in [6.45, 7) is 0.887. The van der Waals surface area contributed by atoms with E-state index in [4.69, 9.17) is 21.4 Å². The molecule has 0 aliphatic heterocycles. The van der Waals surface area contributed by atoms with E-state index in [1.54, 1.807) is 18.4 Å². The second kappa shape index (κ2) is 9.47. The zero-order valence-corrected chi connectivity index (χ0v) is 19.0. The van der Waals surface area contributed by atoms with Gasteiger partial charge in [0.25, 0.3) is 5.91 Å². The molecule has 3 heterocycles. The molecule has 0 bridgehead atoms. The van der Waals surface area contributed by atoms with Crippen LogP contribution in [0.1, 0.15) is 26.7 Å². The number of nitrogens with zero attached hydrogens (tertiary/aromatic N) is 2. The highest BCUT2D eigenvalue weighted by Gasteiger charge is 2.12. The highest BCUT2D eigenvalue weighted by molar-refractivity contribution is 7.18. The van der Waals surface area contributed by atoms with Crippen LogP contribution >= 0.6 is 34.3 Å². The lowest BCUT2D eigenvalue weighted by atomic mass is 10.1. The molecule has 0 aliphatic rings. The van der Waals surface area contributed by atoms with Crippen LogP contribution in [0.2, 0.25) is 4.34 Å². The van der Waals surface area contributed by atoms with Gasteiger partial charge >= 0.3 is 0 Å². The van der Waals surface area contributed by atoms with E-state index in [-0.39, 0.29) is 5.91 Å². The fourth-order valence-electron chi connectivity index (χ4n) is 2.92. The fourth-order valence-corrected chi connectivity index (χ4v) is 4.71. The Morgan fingerprint density at radius 1 is 1.23 bits per heavy atom. The maximum absolute atomic E-state index is 12.2. The molecular formula is C22H19ClN4O2S2. The van der Waals surface area contributed by atoms with Crippen LogP contribution in [0.25, 0.3) is 10.6 Å². The lowest BCUT2D eigenvalue weighted by molar-refractivity contribution is 0.0954. The lowest BCUT2D eigenvalue weighted by Crippen LogP contribution is -2.25. The summed E-state index contributed by atoms with van der Waals surface area (Å²) in [5.74, 6) is 1.07. The Bertz CT molecular complexity index is 1180. The van der Waals surface area contributed by atoms with Gasteiger partial charge in [-0.15, -0.1) is 22.7 Å². The van der Waals surface area contributed by atoms with Gasteiger partial charge in [-0.25, -0.2) is 4.98 Å². The number of nitrogens with one attached hydrogen (secondary N) is 2. The normalized spacial score (nSPS) is 10.8. The van der Waals surface area contributed by atoms with Gasteiger partial charge in [0.05, 0.1) is 34.3 Å². The smallest absolute Gasteiger partial charge is 0.261 e. The van der Waals surface area contributed by atoms with E-state index in [0.29, 0.717) is 28.1 Å². The Morgan fingerprint density at radius 3 is 2.71 bits per heavy atom. The first-order valence-electron chi connectivity index (χ1n) is 9.40. The molecule has 0 spiro atoms. The summed E-state index contributed by atoms with van der Waals surface area (Å²) in [6, 6.07) is 14.9. The number of aromatic nitrogens is 1. The number of thiazole rings is 1. The SMILES string of the molecule is CN(Cc1ccco1)C(=N)c1ccc(-c2nc(CNC(=O)c3ccc(Cl)s3)cs2)cc1. The van der Waals surface area contributed by atoms with Crippen molar-refractivity contribution in [3.63, 3.8) is 0 Å². The van der Waals surface area contributed by atoms with Gasteiger partial charge in [-0.2, -0.15) is 0 Å². The van der Waals surface area contributed by atoms with Gasteiger partial charge in [0.2, 0.25) is 0 Å². The molecular weight excluding hydrogens is 452 g/mol. The van der Waals surface area contributed by atoms with E-state index in [1.165, 1.54) is 22.7 Å². The minimum absolute atomic E-state index is 0.159. The summed E-state index contributed by atoms with van der Waals surface area (Å²) in [4.78, 5) is 19.2. The first kappa shape index (κ1) is 21.3. The molecule has 0 aliphatic carbocycles. The predicted octanol–water partition coefficient (Wildman–Crippen LogP) is 5.51. The zero-order valence-electron chi connectivity index (χ0n) is 16.6. The molecule has 0 fully saturated rings. The van der Waals surface area contributed by atoms with E-state index < -0.39 is 0 Å². The molecule has 0 saturated heterocycles. The summed E-state index contributed by atoms with van der Waals surface area (Å²) in [7, 11) is 1.87. The minimum Gasteiger partial charge on any atom is -0.467 e. The summed E-state index contributed by atoms with van der Waals surface area (Å²) in [5.41, 5.74) is 2.58. The van der Waals surface area contributed by atoms with Gasteiger partial charge in [-0.05, 0) is 24.3 Å². The number of amides is 1. The van der Waals surface area contributed by atoms with Crippen molar-refractivity contribution in [1.82, 2.24) is 15.2 Å². The summed E-state index contributed by atoms with van der Waals surface area (Å²) in [6.07, 6.45) is 1.63. The van der Waals surface area contributed by atoms with Crippen molar-refractivity contribution >= 4 is 46.0 Å². The van der Waals surface area contributed by atoms with E-state index in [9.17, 15) is 4.79 Å². The molecule has 1 amide bonds. The molecule has 31 heavy (non-hydrogen) atoms. The maximum Gasteiger partial charge on any atom is 0.261 e. The molecule has 0 radical (unpaired) electrons. The van der Waals surface area contributed by atoms with E-state index in [2.05, 4.69) is 10.3 Å². The Labute approximate surface area is 192 Å². The highest BCUT2D eigenvalue weighted by Crippen LogP contribution is 2.25. The van der Waals surface area contributed by atoms with Crippen molar-refractivity contribution in [3.8, 4) is 10.6 Å². The average Bonchev–Trinajstić information content (AvgIpc) is 3.54. The molecule has 4 aromatic rings. The second-order valence-electron chi connectivity index (χ2n) is 6.79. The fraction of sp³-hybridized carbons (Fsp3) is 0.136. The van der Waals surface area contributed by atoms with Crippen molar-refractivity contribution in [1.29, 1.82) is 5.41 Å². The minimum atomic E-state index is -0.159. The van der Waals surface area contributed by atoms with Crippen LogP contribution in [-0.2, 0) is 13.1 Å². The Morgan fingerprint density at radius 2 is 2.03 bits per heavy atom. The molecule has 0 unspecified atom stereocenters. The van der Waals surface area contributed by atoms with Gasteiger partial charge in [0, 0.05) is 23.6 Å².